The summed E-state index contributed by atoms with van der Waals surface area (Å²) in [5, 5.41) is 8.65. The van der Waals surface area contributed by atoms with E-state index in [4.69, 9.17) is 5.11 Å². The Labute approximate surface area is 104 Å². The number of nitrogens with zero attached hydrogens (tertiary/aromatic N) is 3. The van der Waals surface area contributed by atoms with E-state index in [0.29, 0.717) is 12.4 Å². The number of hydrogen-bond acceptors (Lipinski definition) is 4. The quantitative estimate of drug-likeness (QED) is 0.833. The topological polar surface area (TPSA) is 82.1 Å². The Bertz CT molecular complexity index is 525. The monoisotopic (exact) mass is 246 g/mol. The molecule has 0 aliphatic heterocycles. The lowest BCUT2D eigenvalue weighted by molar-refractivity contribution is -0.136. The molecule has 6 heteroatoms. The fourth-order valence-corrected chi connectivity index (χ4v) is 1.57. The van der Waals surface area contributed by atoms with Crippen molar-refractivity contribution in [3.8, 4) is 11.3 Å². The van der Waals surface area contributed by atoms with Crippen LogP contribution in [0.15, 0.2) is 30.9 Å². The first-order chi connectivity index (χ1) is 8.66. The van der Waals surface area contributed by atoms with E-state index in [-0.39, 0.29) is 6.42 Å². The van der Waals surface area contributed by atoms with Gasteiger partial charge < -0.3 is 15.0 Å². The second-order valence-corrected chi connectivity index (χ2v) is 3.93. The van der Waals surface area contributed by atoms with Crippen molar-refractivity contribution in [2.24, 2.45) is 0 Å². The van der Waals surface area contributed by atoms with Gasteiger partial charge in [0.05, 0.1) is 12.1 Å². The Kier molecular flexibility index (Phi) is 3.57. The Balaban J connectivity index is 2.14. The number of carboxylic acid groups (broad SMARTS) is 1. The predicted molar refractivity (Wildman–Crippen MR) is 67.3 cm³/mol. The third kappa shape index (κ3) is 2.85. The number of carbonyl (C=O) groups is 1. The van der Waals surface area contributed by atoms with E-state index in [1.807, 2.05) is 31.6 Å². The highest BCUT2D eigenvalue weighted by atomic mass is 16.4. The Morgan fingerprint density at radius 3 is 3.00 bits per heavy atom. The van der Waals surface area contributed by atoms with Gasteiger partial charge in [-0.1, -0.05) is 0 Å². The summed E-state index contributed by atoms with van der Waals surface area (Å²) in [6.45, 7) is 0.416. The normalized spacial score (nSPS) is 10.3. The van der Waals surface area contributed by atoms with Gasteiger partial charge in [0.2, 0.25) is 0 Å². The number of rotatable bonds is 5. The molecule has 0 bridgehead atoms. The highest BCUT2D eigenvalue weighted by Gasteiger charge is 2.07. The number of carboxylic acids is 1. The lowest BCUT2D eigenvalue weighted by atomic mass is 10.2. The van der Waals surface area contributed by atoms with Crippen molar-refractivity contribution in [1.82, 2.24) is 15.0 Å². The smallest absolute Gasteiger partial charge is 0.305 e. The van der Waals surface area contributed by atoms with Gasteiger partial charge in [0.15, 0.2) is 0 Å². The maximum Gasteiger partial charge on any atom is 0.305 e. The number of H-pyrrole nitrogens is 1. The molecule has 0 saturated carbocycles. The lowest BCUT2D eigenvalue weighted by Crippen LogP contribution is -2.22. The van der Waals surface area contributed by atoms with Gasteiger partial charge in [-0.3, -0.25) is 4.79 Å². The molecule has 0 aliphatic rings. The van der Waals surface area contributed by atoms with E-state index < -0.39 is 5.97 Å². The van der Waals surface area contributed by atoms with Crippen LogP contribution in [0, 0.1) is 0 Å². The highest BCUT2D eigenvalue weighted by molar-refractivity contribution is 5.68. The minimum absolute atomic E-state index is 0.0833. The maximum atomic E-state index is 10.5. The molecule has 0 aromatic carbocycles. The fourth-order valence-electron chi connectivity index (χ4n) is 1.57. The number of hydrogen-bond donors (Lipinski definition) is 2. The van der Waals surface area contributed by atoms with Crippen LogP contribution >= 0.6 is 0 Å². The van der Waals surface area contributed by atoms with Crippen LogP contribution < -0.4 is 4.90 Å². The largest absolute Gasteiger partial charge is 0.481 e. The van der Waals surface area contributed by atoms with Crippen LogP contribution in [0.3, 0.4) is 0 Å². The average Bonchev–Trinajstić information content (AvgIpc) is 2.90. The molecule has 2 aromatic rings. The average molecular weight is 246 g/mol. The molecule has 2 aromatic heterocycles. The van der Waals surface area contributed by atoms with Crippen molar-refractivity contribution in [2.45, 2.75) is 6.42 Å². The molecule has 18 heavy (non-hydrogen) atoms. The summed E-state index contributed by atoms with van der Waals surface area (Å²) in [6.07, 6.45) is 5.24. The van der Waals surface area contributed by atoms with Crippen molar-refractivity contribution >= 4 is 11.8 Å². The standard InChI is InChI=1S/C12H14N4O2/c1-16(5-3-12(17)18)11-6-10(14-8-15-11)9-2-4-13-7-9/h2,4,6-8,13H,3,5H2,1H3,(H,17,18). The number of aromatic amines is 1. The summed E-state index contributed by atoms with van der Waals surface area (Å²) >= 11 is 0. The van der Waals surface area contributed by atoms with E-state index in [2.05, 4.69) is 15.0 Å². The van der Waals surface area contributed by atoms with E-state index in [0.717, 1.165) is 11.3 Å². The predicted octanol–water partition coefficient (Wildman–Crippen LogP) is 1.38. The maximum absolute atomic E-state index is 10.5. The van der Waals surface area contributed by atoms with Gasteiger partial charge in [-0.05, 0) is 6.07 Å². The van der Waals surface area contributed by atoms with Crippen molar-refractivity contribution in [2.75, 3.05) is 18.5 Å². The van der Waals surface area contributed by atoms with E-state index in [9.17, 15) is 4.79 Å². The highest BCUT2D eigenvalue weighted by Crippen LogP contribution is 2.19. The van der Waals surface area contributed by atoms with E-state index in [1.165, 1.54) is 6.33 Å². The summed E-state index contributed by atoms with van der Waals surface area (Å²) in [5.41, 5.74) is 1.79. The molecule has 2 rings (SSSR count). The zero-order valence-electron chi connectivity index (χ0n) is 10.00. The molecule has 0 spiro atoms. The lowest BCUT2D eigenvalue weighted by Gasteiger charge is -2.17. The molecule has 0 unspecified atom stereocenters. The van der Waals surface area contributed by atoms with Gasteiger partial charge in [-0.2, -0.15) is 0 Å². The molecule has 0 radical (unpaired) electrons. The third-order valence-electron chi connectivity index (χ3n) is 2.60. The SMILES string of the molecule is CN(CCC(=O)O)c1cc(-c2cc[nH]c2)ncn1. The van der Waals surface area contributed by atoms with Gasteiger partial charge in [0.25, 0.3) is 0 Å². The second-order valence-electron chi connectivity index (χ2n) is 3.93. The number of anilines is 1. The summed E-state index contributed by atoms with van der Waals surface area (Å²) in [7, 11) is 1.81. The Morgan fingerprint density at radius 2 is 2.33 bits per heavy atom. The van der Waals surface area contributed by atoms with E-state index >= 15 is 0 Å². The van der Waals surface area contributed by atoms with Crippen LogP contribution in [0.1, 0.15) is 6.42 Å². The molecule has 0 fully saturated rings. The number of aliphatic carboxylic acids is 1. The van der Waals surface area contributed by atoms with Crippen LogP contribution in [-0.2, 0) is 4.79 Å². The van der Waals surface area contributed by atoms with Crippen molar-refractivity contribution < 1.29 is 9.90 Å². The van der Waals surface area contributed by atoms with Gasteiger partial charge in [-0.25, -0.2) is 9.97 Å². The fraction of sp³-hybridized carbons (Fsp3) is 0.250. The third-order valence-corrected chi connectivity index (χ3v) is 2.60. The van der Waals surface area contributed by atoms with Crippen LogP contribution in [0.4, 0.5) is 5.82 Å². The minimum Gasteiger partial charge on any atom is -0.481 e. The van der Waals surface area contributed by atoms with Crippen LogP contribution in [0.25, 0.3) is 11.3 Å². The number of aromatic nitrogens is 3. The first-order valence-electron chi connectivity index (χ1n) is 5.55. The van der Waals surface area contributed by atoms with Gasteiger partial charge in [-0.15, -0.1) is 0 Å². The molecule has 6 nitrogen and oxygen atoms in total. The first kappa shape index (κ1) is 12.1. The summed E-state index contributed by atoms with van der Waals surface area (Å²) in [6, 6.07) is 3.76. The Hall–Kier alpha value is -2.37. The molecule has 0 saturated heterocycles. The van der Waals surface area contributed by atoms with Crippen molar-refractivity contribution in [1.29, 1.82) is 0 Å². The molecular formula is C12H14N4O2. The molecule has 94 valence electrons. The molecule has 0 atom stereocenters. The molecule has 2 N–H and O–H groups in total. The van der Waals surface area contributed by atoms with Crippen LogP contribution in [-0.4, -0.2) is 39.6 Å². The van der Waals surface area contributed by atoms with Crippen molar-refractivity contribution in [3.05, 3.63) is 30.9 Å². The Morgan fingerprint density at radius 1 is 1.50 bits per heavy atom. The van der Waals surface area contributed by atoms with Gasteiger partial charge >= 0.3 is 5.97 Å². The summed E-state index contributed by atoms with van der Waals surface area (Å²) in [5.74, 6) is -0.107. The molecule has 2 heterocycles. The second kappa shape index (κ2) is 5.31. The molecular weight excluding hydrogens is 232 g/mol. The van der Waals surface area contributed by atoms with Crippen molar-refractivity contribution in [3.63, 3.8) is 0 Å². The summed E-state index contributed by atoms with van der Waals surface area (Å²) in [4.78, 5) is 23.6. The first-order valence-corrected chi connectivity index (χ1v) is 5.55. The number of nitrogens with one attached hydrogen (secondary N) is 1. The zero-order chi connectivity index (χ0) is 13.0. The van der Waals surface area contributed by atoms with Crippen LogP contribution in [0.2, 0.25) is 0 Å². The molecule has 0 amide bonds. The molecule has 0 aliphatic carbocycles. The minimum atomic E-state index is -0.818. The van der Waals surface area contributed by atoms with E-state index in [1.54, 1.807) is 4.90 Å². The zero-order valence-corrected chi connectivity index (χ0v) is 10.00. The van der Waals surface area contributed by atoms with Gasteiger partial charge in [0.1, 0.15) is 12.1 Å². The summed E-state index contributed by atoms with van der Waals surface area (Å²) < 4.78 is 0. The van der Waals surface area contributed by atoms with Crippen LogP contribution in [0.5, 0.6) is 0 Å². The van der Waals surface area contributed by atoms with Gasteiger partial charge in [0, 0.05) is 37.6 Å².